The highest BCUT2D eigenvalue weighted by Gasteiger charge is 2.27. The van der Waals surface area contributed by atoms with E-state index in [-0.39, 0.29) is 11.9 Å². The predicted octanol–water partition coefficient (Wildman–Crippen LogP) is 4.08. The van der Waals surface area contributed by atoms with Crippen molar-refractivity contribution >= 4 is 15.9 Å². The molecule has 178 valence electrons. The third-order valence-corrected chi connectivity index (χ3v) is 8.68. The van der Waals surface area contributed by atoms with Crippen molar-refractivity contribution in [2.75, 3.05) is 26.3 Å². The normalized spacial score (nSPS) is 19.2. The summed E-state index contributed by atoms with van der Waals surface area (Å²) in [5.74, 6) is 0.522. The second-order valence-corrected chi connectivity index (χ2v) is 11.0. The third kappa shape index (κ3) is 6.22. The molecule has 33 heavy (non-hydrogen) atoms. The second kappa shape index (κ2) is 11.3. The van der Waals surface area contributed by atoms with Crippen LogP contribution in [-0.2, 0) is 26.0 Å². The lowest BCUT2D eigenvalue weighted by Crippen LogP contribution is -2.40. The fraction of sp³-hybridized carbons (Fsp3) is 0.500. The minimum Gasteiger partial charge on any atom is -0.379 e. The maximum atomic E-state index is 12.8. The summed E-state index contributed by atoms with van der Waals surface area (Å²) in [4.78, 5) is 13.1. The molecule has 1 saturated carbocycles. The van der Waals surface area contributed by atoms with Gasteiger partial charge in [-0.1, -0.05) is 61.7 Å². The van der Waals surface area contributed by atoms with Gasteiger partial charge < -0.3 is 10.1 Å². The Kier molecular flexibility index (Phi) is 8.17. The first-order valence-electron chi connectivity index (χ1n) is 12.1. The monoisotopic (exact) mass is 470 g/mol. The molecule has 0 spiro atoms. The molecule has 0 radical (unpaired) electrons. The Hall–Kier alpha value is -2.22. The first-order chi connectivity index (χ1) is 16.0. The number of nitrogens with zero attached hydrogens (tertiary/aromatic N) is 1. The van der Waals surface area contributed by atoms with Crippen LogP contribution in [0.15, 0.2) is 59.5 Å². The number of carbonyl (C=O) groups excluding carboxylic acids is 1. The Labute approximate surface area is 197 Å². The first-order valence-corrected chi connectivity index (χ1v) is 13.5. The molecule has 1 aliphatic heterocycles. The molecular formula is C26H34N2O4S. The number of sulfonamides is 1. The highest BCUT2D eigenvalue weighted by Crippen LogP contribution is 2.34. The van der Waals surface area contributed by atoms with Gasteiger partial charge in [-0.2, -0.15) is 4.31 Å². The lowest BCUT2D eigenvalue weighted by atomic mass is 9.81. The Balaban J connectivity index is 1.35. The predicted molar refractivity (Wildman–Crippen MR) is 128 cm³/mol. The molecule has 2 aliphatic rings. The van der Waals surface area contributed by atoms with E-state index < -0.39 is 10.0 Å². The summed E-state index contributed by atoms with van der Waals surface area (Å²) in [6.07, 6.45) is 7.00. The maximum absolute atomic E-state index is 12.8. The Bertz CT molecular complexity index is 996. The van der Waals surface area contributed by atoms with Crippen molar-refractivity contribution in [3.63, 3.8) is 0 Å². The van der Waals surface area contributed by atoms with Crippen molar-refractivity contribution in [3.8, 4) is 0 Å². The van der Waals surface area contributed by atoms with Crippen molar-refractivity contribution in [2.45, 2.75) is 55.9 Å². The quantitative estimate of drug-likeness (QED) is 0.631. The van der Waals surface area contributed by atoms with E-state index in [1.54, 1.807) is 12.1 Å². The molecule has 1 heterocycles. The van der Waals surface area contributed by atoms with E-state index in [1.807, 2.05) is 30.3 Å². The van der Waals surface area contributed by atoms with E-state index in [9.17, 15) is 13.2 Å². The Morgan fingerprint density at radius 1 is 0.970 bits per heavy atom. The molecule has 0 bridgehead atoms. The van der Waals surface area contributed by atoms with Gasteiger partial charge in [0.05, 0.1) is 24.2 Å². The van der Waals surface area contributed by atoms with Gasteiger partial charge in [0.1, 0.15) is 0 Å². The number of nitrogens with one attached hydrogen (secondary N) is 1. The molecule has 2 aromatic carbocycles. The van der Waals surface area contributed by atoms with Gasteiger partial charge in [-0.15, -0.1) is 0 Å². The first kappa shape index (κ1) is 23.9. The van der Waals surface area contributed by atoms with E-state index in [2.05, 4.69) is 17.4 Å². The van der Waals surface area contributed by atoms with Crippen LogP contribution in [0.3, 0.4) is 0 Å². The highest BCUT2D eigenvalue weighted by atomic mass is 32.2. The number of carbonyl (C=O) groups is 1. The summed E-state index contributed by atoms with van der Waals surface area (Å²) in [6.45, 7) is 1.62. The van der Waals surface area contributed by atoms with Gasteiger partial charge in [-0.25, -0.2) is 8.42 Å². The van der Waals surface area contributed by atoms with Gasteiger partial charge in [-0.05, 0) is 48.4 Å². The Morgan fingerprint density at radius 3 is 2.30 bits per heavy atom. The number of aryl methyl sites for hydroxylation is 1. The summed E-state index contributed by atoms with van der Waals surface area (Å²) in [7, 11) is -3.50. The molecule has 2 aromatic rings. The minimum atomic E-state index is -3.50. The number of benzene rings is 2. The van der Waals surface area contributed by atoms with Crippen molar-refractivity contribution < 1.29 is 17.9 Å². The van der Waals surface area contributed by atoms with Gasteiger partial charge in [-0.3, -0.25) is 4.79 Å². The SMILES string of the molecule is O=C(CCc1ccc(S(=O)(=O)N2CCOCC2)cc1)NC(c1ccccc1)C1CCCCC1. The van der Waals surface area contributed by atoms with Crippen LogP contribution in [-0.4, -0.2) is 44.9 Å². The molecule has 1 aliphatic carbocycles. The van der Waals surface area contributed by atoms with Gasteiger partial charge in [0.2, 0.25) is 15.9 Å². The second-order valence-electron chi connectivity index (χ2n) is 9.01. The largest absolute Gasteiger partial charge is 0.379 e. The average Bonchev–Trinajstić information content (AvgIpc) is 2.88. The number of ether oxygens (including phenoxy) is 1. The van der Waals surface area contributed by atoms with E-state index in [0.717, 1.165) is 18.4 Å². The van der Waals surface area contributed by atoms with Crippen LogP contribution in [0, 0.1) is 5.92 Å². The number of hydrogen-bond donors (Lipinski definition) is 1. The number of morpholine rings is 1. The lowest BCUT2D eigenvalue weighted by molar-refractivity contribution is -0.122. The molecule has 1 saturated heterocycles. The minimum absolute atomic E-state index is 0.0411. The molecule has 4 rings (SSSR count). The summed E-state index contributed by atoms with van der Waals surface area (Å²) < 4.78 is 32.3. The van der Waals surface area contributed by atoms with E-state index in [4.69, 9.17) is 4.74 Å². The van der Waals surface area contributed by atoms with Crippen molar-refractivity contribution in [1.29, 1.82) is 0 Å². The highest BCUT2D eigenvalue weighted by molar-refractivity contribution is 7.89. The van der Waals surface area contributed by atoms with Crippen molar-refractivity contribution in [2.24, 2.45) is 5.92 Å². The third-order valence-electron chi connectivity index (χ3n) is 6.77. The molecule has 1 amide bonds. The topological polar surface area (TPSA) is 75.7 Å². The maximum Gasteiger partial charge on any atom is 0.243 e. The van der Waals surface area contributed by atoms with Crippen molar-refractivity contribution in [3.05, 3.63) is 65.7 Å². The van der Waals surface area contributed by atoms with E-state index >= 15 is 0 Å². The van der Waals surface area contributed by atoms with Crippen LogP contribution >= 0.6 is 0 Å². The van der Waals surface area contributed by atoms with Crippen molar-refractivity contribution in [1.82, 2.24) is 9.62 Å². The van der Waals surface area contributed by atoms with Gasteiger partial charge in [0.25, 0.3) is 0 Å². The summed E-state index contributed by atoms with van der Waals surface area (Å²) in [6, 6.07) is 17.3. The summed E-state index contributed by atoms with van der Waals surface area (Å²) >= 11 is 0. The molecule has 7 heteroatoms. The molecular weight excluding hydrogens is 436 g/mol. The van der Waals surface area contributed by atoms with Gasteiger partial charge >= 0.3 is 0 Å². The number of hydrogen-bond acceptors (Lipinski definition) is 4. The zero-order valence-electron chi connectivity index (χ0n) is 19.1. The number of rotatable bonds is 8. The lowest BCUT2D eigenvalue weighted by Gasteiger charge is -2.31. The molecule has 2 fully saturated rings. The van der Waals surface area contributed by atoms with Gasteiger partial charge in [0, 0.05) is 19.5 Å². The Morgan fingerprint density at radius 2 is 1.64 bits per heavy atom. The van der Waals surface area contributed by atoms with Crippen LogP contribution in [0.4, 0.5) is 0 Å². The van der Waals surface area contributed by atoms with Crippen LogP contribution < -0.4 is 5.32 Å². The van der Waals surface area contributed by atoms with Gasteiger partial charge in [0.15, 0.2) is 0 Å². The van der Waals surface area contributed by atoms with Crippen LogP contribution in [0.1, 0.15) is 55.7 Å². The molecule has 1 atom stereocenters. The summed E-state index contributed by atoms with van der Waals surface area (Å²) in [5, 5.41) is 3.30. The summed E-state index contributed by atoms with van der Waals surface area (Å²) in [5.41, 5.74) is 2.13. The number of amides is 1. The molecule has 6 nitrogen and oxygen atoms in total. The van der Waals surface area contributed by atoms with E-state index in [0.29, 0.717) is 50.0 Å². The van der Waals surface area contributed by atoms with Crippen LogP contribution in [0.2, 0.25) is 0 Å². The average molecular weight is 471 g/mol. The van der Waals surface area contributed by atoms with Crippen LogP contribution in [0.25, 0.3) is 0 Å². The molecule has 1 unspecified atom stereocenters. The standard InChI is InChI=1S/C26H34N2O4S/c29-25(27-26(22-7-3-1-4-8-22)23-9-5-2-6-10-23)16-13-21-11-14-24(15-12-21)33(30,31)28-17-19-32-20-18-28/h1,3-4,7-8,11-12,14-15,23,26H,2,5-6,9-10,13,16-20H2,(H,27,29). The van der Waals surface area contributed by atoms with Crippen LogP contribution in [0.5, 0.6) is 0 Å². The molecule has 1 N–H and O–H groups in total. The fourth-order valence-electron chi connectivity index (χ4n) is 4.87. The zero-order chi connectivity index (χ0) is 23.1. The smallest absolute Gasteiger partial charge is 0.243 e. The fourth-order valence-corrected chi connectivity index (χ4v) is 6.28. The zero-order valence-corrected chi connectivity index (χ0v) is 19.9. The van der Waals surface area contributed by atoms with E-state index in [1.165, 1.54) is 29.1 Å². The molecule has 0 aromatic heterocycles.